The van der Waals surface area contributed by atoms with E-state index >= 15 is 0 Å². The quantitative estimate of drug-likeness (QED) is 0.846. The number of nitrogens with one attached hydrogen (secondary N) is 1. The van der Waals surface area contributed by atoms with Gasteiger partial charge in [0.2, 0.25) is 0 Å². The molecule has 1 aliphatic rings. The summed E-state index contributed by atoms with van der Waals surface area (Å²) in [5.74, 6) is -0.880. The number of benzene rings is 2. The van der Waals surface area contributed by atoms with Gasteiger partial charge < -0.3 is 10.4 Å². The highest BCUT2D eigenvalue weighted by molar-refractivity contribution is 6.30. The summed E-state index contributed by atoms with van der Waals surface area (Å²) in [7, 11) is 0. The molecule has 1 amide bonds. The van der Waals surface area contributed by atoms with Gasteiger partial charge in [0.05, 0.1) is 6.42 Å². The van der Waals surface area contributed by atoms with Gasteiger partial charge in [-0.2, -0.15) is 0 Å². The molecule has 1 aliphatic heterocycles. The molecule has 0 saturated carbocycles. The van der Waals surface area contributed by atoms with E-state index < -0.39 is 11.5 Å². The zero-order valence-corrected chi connectivity index (χ0v) is 13.4. The topological polar surface area (TPSA) is 66.4 Å². The predicted octanol–water partition coefficient (Wildman–Crippen LogP) is 3.32. The van der Waals surface area contributed by atoms with Crippen molar-refractivity contribution in [3.05, 3.63) is 64.2 Å². The Morgan fingerprint density at radius 3 is 2.57 bits per heavy atom. The number of carbonyl (C=O) groups is 2. The SMILES string of the molecule is CCc1ccc2c(c1)NC(=O)C2(O)CC(=O)c1ccc(Cl)cc1. The van der Waals surface area contributed by atoms with Crippen molar-refractivity contribution in [2.75, 3.05) is 5.32 Å². The number of anilines is 1. The highest BCUT2D eigenvalue weighted by atomic mass is 35.5. The normalized spacial score (nSPS) is 19.3. The first-order valence-corrected chi connectivity index (χ1v) is 7.78. The first kappa shape index (κ1) is 15.7. The van der Waals surface area contributed by atoms with Crippen LogP contribution < -0.4 is 5.32 Å². The molecule has 0 saturated heterocycles. The standard InChI is InChI=1S/C18H16ClNO3/c1-2-11-3-8-14-15(9-11)20-17(22)18(14,23)10-16(21)12-4-6-13(19)7-5-12/h3-9,23H,2,10H2,1H3,(H,20,22). The molecular weight excluding hydrogens is 314 g/mol. The van der Waals surface area contributed by atoms with E-state index in [1.54, 1.807) is 30.3 Å². The van der Waals surface area contributed by atoms with Crippen LogP contribution in [0.15, 0.2) is 42.5 Å². The molecule has 1 heterocycles. The number of hydrogen-bond donors (Lipinski definition) is 2. The molecule has 0 aromatic heterocycles. The Morgan fingerprint density at radius 2 is 1.91 bits per heavy atom. The molecule has 0 spiro atoms. The maximum atomic E-state index is 12.4. The van der Waals surface area contributed by atoms with E-state index in [1.807, 2.05) is 19.1 Å². The molecule has 2 N–H and O–H groups in total. The largest absolute Gasteiger partial charge is 0.375 e. The van der Waals surface area contributed by atoms with Crippen LogP contribution in [0, 0.1) is 0 Å². The number of fused-ring (bicyclic) bond motifs is 1. The molecule has 0 aliphatic carbocycles. The number of halogens is 1. The van der Waals surface area contributed by atoms with Crippen LogP contribution in [0.4, 0.5) is 5.69 Å². The monoisotopic (exact) mass is 329 g/mol. The Morgan fingerprint density at radius 1 is 1.22 bits per heavy atom. The van der Waals surface area contributed by atoms with Crippen LogP contribution in [0.25, 0.3) is 0 Å². The third kappa shape index (κ3) is 2.76. The fourth-order valence-corrected chi connectivity index (χ4v) is 2.90. The van der Waals surface area contributed by atoms with Crippen LogP contribution in [-0.4, -0.2) is 16.8 Å². The Bertz CT molecular complexity index is 785. The van der Waals surface area contributed by atoms with Gasteiger partial charge in [-0.05, 0) is 42.3 Å². The second kappa shape index (κ2) is 5.80. The fraction of sp³-hybridized carbons (Fsp3) is 0.222. The van der Waals surface area contributed by atoms with Crippen molar-refractivity contribution < 1.29 is 14.7 Å². The minimum atomic E-state index is -1.83. The van der Waals surface area contributed by atoms with E-state index in [4.69, 9.17) is 11.6 Å². The van der Waals surface area contributed by atoms with Crippen molar-refractivity contribution in [1.82, 2.24) is 0 Å². The molecule has 4 nitrogen and oxygen atoms in total. The molecule has 2 aromatic carbocycles. The number of Topliss-reactive ketones (excluding diaryl/α,β-unsaturated/α-hetero) is 1. The minimum absolute atomic E-state index is 0.307. The number of carbonyl (C=O) groups excluding carboxylic acids is 2. The average Bonchev–Trinajstić information content (AvgIpc) is 2.78. The summed E-state index contributed by atoms with van der Waals surface area (Å²) >= 11 is 5.81. The first-order valence-electron chi connectivity index (χ1n) is 7.40. The van der Waals surface area contributed by atoms with E-state index in [0.717, 1.165) is 12.0 Å². The molecule has 1 atom stereocenters. The summed E-state index contributed by atoms with van der Waals surface area (Å²) in [5.41, 5.74) is 0.646. The van der Waals surface area contributed by atoms with Gasteiger partial charge >= 0.3 is 0 Å². The Hall–Kier alpha value is -2.17. The van der Waals surface area contributed by atoms with Gasteiger partial charge in [0.1, 0.15) is 0 Å². The fourth-order valence-electron chi connectivity index (χ4n) is 2.77. The number of amides is 1. The van der Waals surface area contributed by atoms with E-state index in [1.165, 1.54) is 0 Å². The lowest BCUT2D eigenvalue weighted by Gasteiger charge is -2.20. The van der Waals surface area contributed by atoms with Crippen LogP contribution in [0.5, 0.6) is 0 Å². The molecule has 2 aromatic rings. The van der Waals surface area contributed by atoms with Gasteiger partial charge in [0.25, 0.3) is 5.91 Å². The number of aliphatic hydroxyl groups is 1. The lowest BCUT2D eigenvalue weighted by Crippen LogP contribution is -2.36. The Kier molecular flexibility index (Phi) is 3.96. The summed E-state index contributed by atoms with van der Waals surface area (Å²) in [6, 6.07) is 11.8. The minimum Gasteiger partial charge on any atom is -0.375 e. The van der Waals surface area contributed by atoms with Crippen molar-refractivity contribution in [3.63, 3.8) is 0 Å². The summed E-state index contributed by atoms with van der Waals surface area (Å²) in [4.78, 5) is 24.7. The van der Waals surface area contributed by atoms with Gasteiger partial charge in [0, 0.05) is 21.8 Å². The third-order valence-electron chi connectivity index (χ3n) is 4.14. The van der Waals surface area contributed by atoms with E-state index in [0.29, 0.717) is 21.8 Å². The summed E-state index contributed by atoms with van der Waals surface area (Å²) in [5, 5.41) is 14.0. The van der Waals surface area contributed by atoms with E-state index in [9.17, 15) is 14.7 Å². The summed E-state index contributed by atoms with van der Waals surface area (Å²) < 4.78 is 0. The van der Waals surface area contributed by atoms with Crippen molar-refractivity contribution in [2.45, 2.75) is 25.4 Å². The highest BCUT2D eigenvalue weighted by Gasteiger charge is 2.46. The average molecular weight is 330 g/mol. The van der Waals surface area contributed by atoms with Crippen LogP contribution in [-0.2, 0) is 16.8 Å². The molecule has 1 unspecified atom stereocenters. The van der Waals surface area contributed by atoms with E-state index in [-0.39, 0.29) is 12.2 Å². The molecular formula is C18H16ClNO3. The maximum Gasteiger partial charge on any atom is 0.261 e. The number of hydrogen-bond acceptors (Lipinski definition) is 3. The molecule has 5 heteroatoms. The molecule has 118 valence electrons. The Labute approximate surface area is 139 Å². The smallest absolute Gasteiger partial charge is 0.261 e. The van der Waals surface area contributed by atoms with E-state index in [2.05, 4.69) is 5.32 Å². The molecule has 23 heavy (non-hydrogen) atoms. The first-order chi connectivity index (χ1) is 10.9. The second-order valence-electron chi connectivity index (χ2n) is 5.65. The highest BCUT2D eigenvalue weighted by Crippen LogP contribution is 2.39. The number of rotatable bonds is 4. The van der Waals surface area contributed by atoms with Gasteiger partial charge in [-0.3, -0.25) is 9.59 Å². The maximum absolute atomic E-state index is 12.4. The zero-order chi connectivity index (χ0) is 16.6. The lowest BCUT2D eigenvalue weighted by atomic mass is 9.87. The zero-order valence-electron chi connectivity index (χ0n) is 12.6. The number of aryl methyl sites for hydroxylation is 1. The van der Waals surface area contributed by atoms with Gasteiger partial charge in [-0.1, -0.05) is 30.7 Å². The number of ketones is 1. The van der Waals surface area contributed by atoms with Crippen molar-refractivity contribution in [1.29, 1.82) is 0 Å². The molecule has 0 bridgehead atoms. The summed E-state index contributed by atoms with van der Waals surface area (Å²) in [6.45, 7) is 2.01. The lowest BCUT2D eigenvalue weighted by molar-refractivity contribution is -0.133. The van der Waals surface area contributed by atoms with Crippen molar-refractivity contribution in [3.8, 4) is 0 Å². The van der Waals surface area contributed by atoms with Crippen molar-refractivity contribution >= 4 is 29.0 Å². The molecule has 0 radical (unpaired) electrons. The third-order valence-corrected chi connectivity index (χ3v) is 4.40. The molecule has 0 fully saturated rings. The molecule has 3 rings (SSSR count). The van der Waals surface area contributed by atoms with Crippen LogP contribution in [0.1, 0.15) is 34.8 Å². The van der Waals surface area contributed by atoms with Crippen LogP contribution >= 0.6 is 11.6 Å². The predicted molar refractivity (Wildman–Crippen MR) is 88.7 cm³/mol. The van der Waals surface area contributed by atoms with Gasteiger partial charge in [0.15, 0.2) is 11.4 Å². The van der Waals surface area contributed by atoms with Gasteiger partial charge in [-0.25, -0.2) is 0 Å². The van der Waals surface area contributed by atoms with Gasteiger partial charge in [-0.15, -0.1) is 0 Å². The van der Waals surface area contributed by atoms with Crippen LogP contribution in [0.3, 0.4) is 0 Å². The van der Waals surface area contributed by atoms with Crippen molar-refractivity contribution in [2.24, 2.45) is 0 Å². The van der Waals surface area contributed by atoms with Crippen LogP contribution in [0.2, 0.25) is 5.02 Å². The second-order valence-corrected chi connectivity index (χ2v) is 6.09. The Balaban J connectivity index is 1.92. The summed E-state index contributed by atoms with van der Waals surface area (Å²) in [6.07, 6.45) is 0.518.